The molecule has 1 saturated heterocycles. The van der Waals surface area contributed by atoms with Gasteiger partial charge in [-0.15, -0.1) is 0 Å². The lowest BCUT2D eigenvalue weighted by molar-refractivity contribution is -0.143. The number of amides is 3. The van der Waals surface area contributed by atoms with Gasteiger partial charge in [0.25, 0.3) is 5.91 Å². The quantitative estimate of drug-likeness (QED) is 0.404. The van der Waals surface area contributed by atoms with Crippen LogP contribution in [0.4, 0.5) is 9.18 Å². The minimum absolute atomic E-state index is 0.0146. The van der Waals surface area contributed by atoms with Crippen molar-refractivity contribution < 1.29 is 28.2 Å². The molecule has 0 atom stereocenters. The van der Waals surface area contributed by atoms with E-state index in [1.54, 1.807) is 36.4 Å². The molecule has 3 amide bonds. The molecule has 3 rings (SSSR count). The number of hydrogen-bond donors (Lipinski definition) is 1. The van der Waals surface area contributed by atoms with Gasteiger partial charge in [-0.05, 0) is 30.3 Å². The highest BCUT2D eigenvalue weighted by Gasteiger charge is 2.35. The molecule has 29 heavy (non-hydrogen) atoms. The van der Waals surface area contributed by atoms with Gasteiger partial charge in [-0.25, -0.2) is 14.1 Å². The number of imide groups is 1. The van der Waals surface area contributed by atoms with E-state index in [1.165, 1.54) is 12.1 Å². The minimum atomic E-state index is -0.726. The van der Waals surface area contributed by atoms with Crippen LogP contribution in [0.1, 0.15) is 11.1 Å². The average molecular weight is 463 g/mol. The molecule has 9 heteroatoms. The maximum atomic E-state index is 13.8. The third-order valence-electron chi connectivity index (χ3n) is 4.09. The van der Waals surface area contributed by atoms with Gasteiger partial charge >= 0.3 is 12.0 Å². The smallest absolute Gasteiger partial charge is 0.329 e. The van der Waals surface area contributed by atoms with Crippen molar-refractivity contribution in [1.29, 1.82) is 0 Å². The van der Waals surface area contributed by atoms with E-state index in [0.29, 0.717) is 21.3 Å². The van der Waals surface area contributed by atoms with Crippen LogP contribution in [0.3, 0.4) is 0 Å². The Bertz CT molecular complexity index is 1010. The third kappa shape index (κ3) is 4.80. The highest BCUT2D eigenvalue weighted by atomic mass is 79.9. The van der Waals surface area contributed by atoms with Crippen molar-refractivity contribution in [1.82, 2.24) is 10.2 Å². The fourth-order valence-electron chi connectivity index (χ4n) is 2.60. The molecule has 0 bridgehead atoms. The number of benzene rings is 2. The van der Waals surface area contributed by atoms with E-state index in [9.17, 15) is 18.8 Å². The van der Waals surface area contributed by atoms with Crippen LogP contribution in [0, 0.1) is 5.82 Å². The summed E-state index contributed by atoms with van der Waals surface area (Å²) >= 11 is 3.35. The van der Waals surface area contributed by atoms with Crippen LogP contribution < -0.4 is 10.1 Å². The molecule has 7 nitrogen and oxygen atoms in total. The SMILES string of the molecule is COC(=O)CN1C(=O)N/C(=C/c2cc(Br)ccc2OCc2ccccc2F)C1=O. The lowest BCUT2D eigenvalue weighted by Gasteiger charge is -2.11. The second kappa shape index (κ2) is 8.87. The maximum absolute atomic E-state index is 13.8. The second-order valence-electron chi connectivity index (χ2n) is 6.02. The van der Waals surface area contributed by atoms with E-state index in [1.807, 2.05) is 0 Å². The lowest BCUT2D eigenvalue weighted by atomic mass is 10.1. The summed E-state index contributed by atoms with van der Waals surface area (Å²) in [4.78, 5) is 36.6. The van der Waals surface area contributed by atoms with E-state index >= 15 is 0 Å². The summed E-state index contributed by atoms with van der Waals surface area (Å²) in [6.45, 7) is -0.507. The van der Waals surface area contributed by atoms with Crippen LogP contribution in [-0.2, 0) is 20.9 Å². The van der Waals surface area contributed by atoms with Crippen molar-refractivity contribution in [2.24, 2.45) is 0 Å². The molecule has 0 unspecified atom stereocenters. The highest BCUT2D eigenvalue weighted by Crippen LogP contribution is 2.27. The predicted molar refractivity (Wildman–Crippen MR) is 105 cm³/mol. The Balaban J connectivity index is 1.84. The molecule has 0 aromatic heterocycles. The van der Waals surface area contributed by atoms with E-state index in [2.05, 4.69) is 26.0 Å². The standard InChI is InChI=1S/C20H16BrFN2O5/c1-28-18(25)10-24-19(26)16(23-20(24)27)9-13-8-14(21)6-7-17(13)29-11-12-4-2-3-5-15(12)22/h2-9H,10-11H2,1H3,(H,23,27)/b16-9+. The number of rotatable bonds is 6. The summed E-state index contributed by atoms with van der Waals surface area (Å²) < 4.78 is 24.7. The molecule has 150 valence electrons. The van der Waals surface area contributed by atoms with Crippen LogP contribution in [0.5, 0.6) is 5.75 Å². The predicted octanol–water partition coefficient (Wildman–Crippen LogP) is 3.23. The number of hydrogen-bond acceptors (Lipinski definition) is 5. The zero-order chi connectivity index (χ0) is 21.0. The van der Waals surface area contributed by atoms with Crippen molar-refractivity contribution in [3.8, 4) is 5.75 Å². The van der Waals surface area contributed by atoms with Crippen LogP contribution in [-0.4, -0.2) is 36.5 Å². The van der Waals surface area contributed by atoms with Gasteiger partial charge in [-0.1, -0.05) is 34.1 Å². The Labute approximate surface area is 174 Å². The first-order chi connectivity index (χ1) is 13.9. The topological polar surface area (TPSA) is 84.9 Å². The van der Waals surface area contributed by atoms with Crippen LogP contribution in [0.2, 0.25) is 0 Å². The number of carbonyl (C=O) groups excluding carboxylic acids is 3. The molecule has 0 saturated carbocycles. The van der Waals surface area contributed by atoms with E-state index in [0.717, 1.165) is 12.0 Å². The molecular formula is C20H16BrFN2O5. The molecule has 1 aliphatic heterocycles. The number of ether oxygens (including phenoxy) is 2. The second-order valence-corrected chi connectivity index (χ2v) is 6.93. The minimum Gasteiger partial charge on any atom is -0.488 e. The molecule has 1 heterocycles. The summed E-state index contributed by atoms with van der Waals surface area (Å²) in [6, 6.07) is 10.6. The molecule has 2 aromatic rings. The number of nitrogens with one attached hydrogen (secondary N) is 1. The molecular weight excluding hydrogens is 447 g/mol. The number of methoxy groups -OCH3 is 1. The number of carbonyl (C=O) groups is 3. The Hall–Kier alpha value is -3.20. The zero-order valence-corrected chi connectivity index (χ0v) is 16.9. The van der Waals surface area contributed by atoms with Crippen molar-refractivity contribution in [2.45, 2.75) is 6.61 Å². The molecule has 0 radical (unpaired) electrons. The third-order valence-corrected chi connectivity index (χ3v) is 4.58. The van der Waals surface area contributed by atoms with Gasteiger partial charge in [-0.2, -0.15) is 0 Å². The Morgan fingerprint density at radius 1 is 1.24 bits per heavy atom. The van der Waals surface area contributed by atoms with Gasteiger partial charge in [0.2, 0.25) is 0 Å². The number of esters is 1. The van der Waals surface area contributed by atoms with Gasteiger partial charge < -0.3 is 14.8 Å². The molecule has 1 fully saturated rings. The van der Waals surface area contributed by atoms with Gasteiger partial charge in [0.05, 0.1) is 7.11 Å². The van der Waals surface area contributed by atoms with Crippen molar-refractivity contribution in [2.75, 3.05) is 13.7 Å². The first kappa shape index (κ1) is 20.5. The zero-order valence-electron chi connectivity index (χ0n) is 15.3. The van der Waals surface area contributed by atoms with Crippen molar-refractivity contribution in [3.05, 3.63) is 69.6 Å². The number of nitrogens with zero attached hydrogens (tertiary/aromatic N) is 1. The Kier molecular flexibility index (Phi) is 6.28. The largest absolute Gasteiger partial charge is 0.488 e. The van der Waals surface area contributed by atoms with Crippen LogP contribution >= 0.6 is 15.9 Å². The number of halogens is 2. The summed E-state index contributed by atoms with van der Waals surface area (Å²) in [5, 5.41) is 2.42. The summed E-state index contributed by atoms with van der Waals surface area (Å²) in [7, 11) is 1.16. The fraction of sp³-hybridized carbons (Fsp3) is 0.150. The normalized spacial score (nSPS) is 14.9. The van der Waals surface area contributed by atoms with Gasteiger partial charge in [-0.3, -0.25) is 9.59 Å². The highest BCUT2D eigenvalue weighted by molar-refractivity contribution is 9.10. The average Bonchev–Trinajstić information content (AvgIpc) is 2.95. The summed E-state index contributed by atoms with van der Waals surface area (Å²) in [5.74, 6) is -1.38. The lowest BCUT2D eigenvalue weighted by Crippen LogP contribution is -2.36. The van der Waals surface area contributed by atoms with Crippen LogP contribution in [0.25, 0.3) is 6.08 Å². The van der Waals surface area contributed by atoms with Crippen molar-refractivity contribution >= 4 is 39.9 Å². The molecule has 1 N–H and O–H groups in total. The molecule has 0 aliphatic carbocycles. The maximum Gasteiger partial charge on any atom is 0.329 e. The molecule has 2 aromatic carbocycles. The van der Waals surface area contributed by atoms with Gasteiger partial charge in [0, 0.05) is 15.6 Å². The Morgan fingerprint density at radius 3 is 2.72 bits per heavy atom. The first-order valence-electron chi connectivity index (χ1n) is 8.46. The summed E-state index contributed by atoms with van der Waals surface area (Å²) in [5.41, 5.74) is 0.843. The first-order valence-corrected chi connectivity index (χ1v) is 9.25. The monoisotopic (exact) mass is 462 g/mol. The van der Waals surface area contributed by atoms with Crippen LogP contribution in [0.15, 0.2) is 52.6 Å². The number of urea groups is 1. The van der Waals surface area contributed by atoms with E-state index < -0.39 is 24.5 Å². The molecule has 1 aliphatic rings. The van der Waals surface area contributed by atoms with Gasteiger partial charge in [0.1, 0.15) is 30.4 Å². The fourth-order valence-corrected chi connectivity index (χ4v) is 2.98. The van der Waals surface area contributed by atoms with E-state index in [4.69, 9.17) is 4.74 Å². The molecule has 0 spiro atoms. The van der Waals surface area contributed by atoms with Crippen molar-refractivity contribution in [3.63, 3.8) is 0 Å². The van der Waals surface area contributed by atoms with E-state index in [-0.39, 0.29) is 18.1 Å². The Morgan fingerprint density at radius 2 is 2.00 bits per heavy atom. The summed E-state index contributed by atoms with van der Waals surface area (Å²) in [6.07, 6.45) is 1.43. The van der Waals surface area contributed by atoms with Gasteiger partial charge in [0.15, 0.2) is 0 Å².